The van der Waals surface area contributed by atoms with Gasteiger partial charge in [-0.15, -0.1) is 0 Å². The average Bonchev–Trinajstić information content (AvgIpc) is 2.49. The van der Waals surface area contributed by atoms with E-state index in [1.54, 1.807) is 6.07 Å². The average molecular weight is 395 g/mol. The largest absolute Gasteiger partial charge is 0.482 e. The van der Waals surface area contributed by atoms with Crippen molar-refractivity contribution in [2.75, 3.05) is 5.32 Å². The molecule has 1 aliphatic rings. The van der Waals surface area contributed by atoms with Crippen molar-refractivity contribution < 1.29 is 14.3 Å². The van der Waals surface area contributed by atoms with E-state index in [4.69, 9.17) is 9.47 Å². The first-order chi connectivity index (χ1) is 10.1. The van der Waals surface area contributed by atoms with Crippen LogP contribution in [0.3, 0.4) is 0 Å². The summed E-state index contributed by atoms with van der Waals surface area (Å²) in [5.74, 6) is 1.06. The molecule has 0 aromatic heterocycles. The van der Waals surface area contributed by atoms with Crippen LogP contribution in [0.15, 0.2) is 48.5 Å². The van der Waals surface area contributed by atoms with Crippen molar-refractivity contribution in [1.29, 1.82) is 0 Å². The maximum atomic E-state index is 12.4. The van der Waals surface area contributed by atoms with Crippen LogP contribution in [-0.4, -0.2) is 18.1 Å². The molecule has 2 atom stereocenters. The maximum Gasteiger partial charge on any atom is 0.269 e. The fourth-order valence-electron chi connectivity index (χ4n) is 2.17. The van der Waals surface area contributed by atoms with Gasteiger partial charge in [0, 0.05) is 3.57 Å². The number of benzene rings is 2. The zero-order valence-corrected chi connectivity index (χ0v) is 13.5. The number of carbonyl (C=O) groups is 1. The van der Waals surface area contributed by atoms with Crippen LogP contribution in [0.4, 0.5) is 5.69 Å². The van der Waals surface area contributed by atoms with Gasteiger partial charge in [-0.1, -0.05) is 24.3 Å². The normalized spacial score (nSPS) is 19.9. The molecule has 0 radical (unpaired) electrons. The summed E-state index contributed by atoms with van der Waals surface area (Å²) < 4.78 is 12.5. The van der Waals surface area contributed by atoms with E-state index in [9.17, 15) is 4.79 Å². The number of nitrogens with one attached hydrogen (secondary N) is 1. The Morgan fingerprint density at radius 3 is 2.38 bits per heavy atom. The molecule has 0 bridgehead atoms. The molecule has 0 spiro atoms. The van der Waals surface area contributed by atoms with Crippen LogP contribution in [0, 0.1) is 3.57 Å². The Morgan fingerprint density at radius 1 is 1.05 bits per heavy atom. The Balaban J connectivity index is 1.78. The molecule has 1 heterocycles. The Bertz CT molecular complexity index is 674. The quantitative estimate of drug-likeness (QED) is 0.793. The summed E-state index contributed by atoms with van der Waals surface area (Å²) in [5, 5.41) is 2.89. The van der Waals surface area contributed by atoms with Crippen molar-refractivity contribution in [3.8, 4) is 11.5 Å². The maximum absolute atomic E-state index is 12.4. The van der Waals surface area contributed by atoms with Crippen LogP contribution in [0.2, 0.25) is 0 Å². The summed E-state index contributed by atoms with van der Waals surface area (Å²) in [6.07, 6.45) is -1.02. The van der Waals surface area contributed by atoms with Crippen molar-refractivity contribution in [3.05, 3.63) is 52.1 Å². The molecule has 2 aromatic rings. The summed E-state index contributed by atoms with van der Waals surface area (Å²) in [7, 11) is 0. The van der Waals surface area contributed by atoms with E-state index in [1.165, 1.54) is 0 Å². The van der Waals surface area contributed by atoms with Gasteiger partial charge in [-0.05, 0) is 53.8 Å². The fraction of sp³-hybridized carbons (Fsp3) is 0.188. The number of hydrogen-bond acceptors (Lipinski definition) is 3. The van der Waals surface area contributed by atoms with Crippen LogP contribution >= 0.6 is 22.6 Å². The number of anilines is 1. The predicted octanol–water partition coefficient (Wildman–Crippen LogP) is 3.46. The molecule has 108 valence electrons. The number of fused-ring (bicyclic) bond motifs is 1. The second-order valence-corrected chi connectivity index (χ2v) is 5.94. The Hall–Kier alpha value is -1.76. The minimum atomic E-state index is -0.670. The highest BCUT2D eigenvalue weighted by Crippen LogP contribution is 2.33. The lowest BCUT2D eigenvalue weighted by molar-refractivity contribution is -0.128. The van der Waals surface area contributed by atoms with Gasteiger partial charge < -0.3 is 14.8 Å². The minimum Gasteiger partial charge on any atom is -0.482 e. The van der Waals surface area contributed by atoms with E-state index < -0.39 is 6.10 Å². The van der Waals surface area contributed by atoms with Gasteiger partial charge in [0.25, 0.3) is 5.91 Å². The lowest BCUT2D eigenvalue weighted by Crippen LogP contribution is -2.46. The van der Waals surface area contributed by atoms with Gasteiger partial charge in [0.1, 0.15) is 6.10 Å². The van der Waals surface area contributed by atoms with Crippen LogP contribution in [0.1, 0.15) is 6.92 Å². The zero-order chi connectivity index (χ0) is 14.8. The molecule has 0 aliphatic carbocycles. The minimum absolute atomic E-state index is 0.207. The van der Waals surface area contributed by atoms with Crippen molar-refractivity contribution >= 4 is 34.2 Å². The van der Waals surface area contributed by atoms with Crippen molar-refractivity contribution in [2.24, 2.45) is 0 Å². The first-order valence-corrected chi connectivity index (χ1v) is 7.71. The van der Waals surface area contributed by atoms with Gasteiger partial charge >= 0.3 is 0 Å². The van der Waals surface area contributed by atoms with E-state index in [-0.39, 0.29) is 12.0 Å². The first kappa shape index (κ1) is 14.2. The molecule has 0 saturated carbocycles. The number of amides is 1. The number of para-hydroxylation sites is 3. The highest BCUT2D eigenvalue weighted by atomic mass is 127. The van der Waals surface area contributed by atoms with Crippen LogP contribution in [-0.2, 0) is 4.79 Å². The lowest BCUT2D eigenvalue weighted by Gasteiger charge is -2.31. The fourth-order valence-corrected chi connectivity index (χ4v) is 2.69. The van der Waals surface area contributed by atoms with E-state index >= 15 is 0 Å². The predicted molar refractivity (Wildman–Crippen MR) is 88.7 cm³/mol. The summed E-state index contributed by atoms with van der Waals surface area (Å²) in [5.41, 5.74) is 0.776. The number of halogens is 1. The standard InChI is InChI=1S/C16H14INO3/c1-10-15(21-14-9-5-4-8-13(14)20-10)16(19)18-12-7-3-2-6-11(12)17/h2-10,15H,1H3,(H,18,19)/t10-,15+/m0/s1. The Labute approximate surface area is 136 Å². The highest BCUT2D eigenvalue weighted by molar-refractivity contribution is 14.1. The van der Waals surface area contributed by atoms with Gasteiger partial charge in [-0.25, -0.2) is 0 Å². The second kappa shape index (κ2) is 5.93. The molecule has 3 rings (SSSR count). The smallest absolute Gasteiger partial charge is 0.269 e. The van der Waals surface area contributed by atoms with Crippen LogP contribution < -0.4 is 14.8 Å². The van der Waals surface area contributed by atoms with Crippen molar-refractivity contribution in [3.63, 3.8) is 0 Å². The first-order valence-electron chi connectivity index (χ1n) is 6.63. The van der Waals surface area contributed by atoms with Gasteiger partial charge in [0.2, 0.25) is 6.10 Å². The topological polar surface area (TPSA) is 47.6 Å². The summed E-state index contributed by atoms with van der Waals surface area (Å²) in [6.45, 7) is 1.83. The molecule has 1 N–H and O–H groups in total. The van der Waals surface area contributed by atoms with Crippen molar-refractivity contribution in [2.45, 2.75) is 19.1 Å². The molecule has 2 aromatic carbocycles. The SMILES string of the molecule is C[C@@H]1Oc2ccccc2O[C@H]1C(=O)Nc1ccccc1I. The molecular formula is C16H14INO3. The number of rotatable bonds is 2. The van der Waals surface area contributed by atoms with E-state index in [2.05, 4.69) is 27.9 Å². The van der Waals surface area contributed by atoms with Gasteiger partial charge in [0.15, 0.2) is 11.5 Å². The van der Waals surface area contributed by atoms with E-state index in [0.29, 0.717) is 11.5 Å². The summed E-state index contributed by atoms with van der Waals surface area (Å²) >= 11 is 2.18. The third-order valence-corrected chi connectivity index (χ3v) is 4.17. The van der Waals surface area contributed by atoms with E-state index in [1.807, 2.05) is 49.4 Å². The van der Waals surface area contributed by atoms with Crippen LogP contribution in [0.25, 0.3) is 0 Å². The van der Waals surface area contributed by atoms with Crippen LogP contribution in [0.5, 0.6) is 11.5 Å². The van der Waals surface area contributed by atoms with E-state index in [0.717, 1.165) is 9.26 Å². The monoisotopic (exact) mass is 395 g/mol. The number of carbonyl (C=O) groups excluding carboxylic acids is 1. The van der Waals surface area contributed by atoms with Gasteiger partial charge in [-0.3, -0.25) is 4.79 Å². The third kappa shape index (κ3) is 2.97. The van der Waals surface area contributed by atoms with Gasteiger partial charge in [0.05, 0.1) is 5.69 Å². The Kier molecular flexibility index (Phi) is 4.01. The molecule has 0 unspecified atom stereocenters. The number of hydrogen-bond donors (Lipinski definition) is 1. The highest BCUT2D eigenvalue weighted by Gasteiger charge is 2.34. The molecular weight excluding hydrogens is 381 g/mol. The molecule has 1 amide bonds. The third-order valence-electron chi connectivity index (χ3n) is 3.23. The molecule has 21 heavy (non-hydrogen) atoms. The van der Waals surface area contributed by atoms with Gasteiger partial charge in [-0.2, -0.15) is 0 Å². The molecule has 0 saturated heterocycles. The summed E-state index contributed by atoms with van der Waals surface area (Å²) in [4.78, 5) is 12.4. The number of ether oxygens (including phenoxy) is 2. The molecule has 5 heteroatoms. The van der Waals surface area contributed by atoms with Crippen molar-refractivity contribution in [1.82, 2.24) is 0 Å². The Morgan fingerprint density at radius 2 is 1.67 bits per heavy atom. The molecule has 4 nitrogen and oxygen atoms in total. The lowest BCUT2D eigenvalue weighted by atomic mass is 10.1. The molecule has 1 aliphatic heterocycles. The summed E-state index contributed by atoms with van der Waals surface area (Å²) in [6, 6.07) is 15.0. The molecule has 0 fully saturated rings. The second-order valence-electron chi connectivity index (χ2n) is 4.78. The zero-order valence-electron chi connectivity index (χ0n) is 11.4.